The van der Waals surface area contributed by atoms with Gasteiger partial charge >= 0.3 is 5.97 Å². The number of nitrogens with zero attached hydrogens (tertiary/aromatic N) is 1. The fraction of sp³-hybridized carbons (Fsp3) is 0.500. The van der Waals surface area contributed by atoms with E-state index >= 15 is 0 Å². The zero-order chi connectivity index (χ0) is 18.6. The molecule has 2 N–H and O–H groups in total. The Balaban J connectivity index is 2.26. The van der Waals surface area contributed by atoms with Gasteiger partial charge in [0.1, 0.15) is 6.67 Å². The minimum Gasteiger partial charge on any atom is -0.480 e. The molecule has 1 saturated heterocycles. The van der Waals surface area contributed by atoms with Crippen LogP contribution in [0.1, 0.15) is 36.5 Å². The molecule has 0 spiro atoms. The van der Waals surface area contributed by atoms with Crippen LogP contribution in [0.2, 0.25) is 0 Å². The number of piperidine rings is 1. The van der Waals surface area contributed by atoms with Gasteiger partial charge in [-0.15, -0.1) is 0 Å². The molecule has 0 aliphatic carbocycles. The Kier molecular flexibility index (Phi) is 6.12. The maximum absolute atomic E-state index is 12.8. The van der Waals surface area contributed by atoms with Crippen molar-refractivity contribution in [2.45, 2.75) is 43.2 Å². The Bertz CT molecular complexity index is 753. The van der Waals surface area contributed by atoms with E-state index in [9.17, 15) is 22.4 Å². The second-order valence-electron chi connectivity index (χ2n) is 6.01. The van der Waals surface area contributed by atoms with Crippen LogP contribution in [0.25, 0.3) is 0 Å². The molecule has 7 nitrogen and oxygen atoms in total. The molecule has 0 aromatic heterocycles. The Morgan fingerprint density at radius 3 is 2.72 bits per heavy atom. The van der Waals surface area contributed by atoms with Crippen molar-refractivity contribution in [3.05, 3.63) is 29.8 Å². The number of carbonyl (C=O) groups is 2. The number of carbonyl (C=O) groups excluding carboxylic acids is 1. The third kappa shape index (κ3) is 4.35. The monoisotopic (exact) mass is 372 g/mol. The number of nitrogens with one attached hydrogen (secondary N) is 1. The van der Waals surface area contributed by atoms with Crippen LogP contribution >= 0.6 is 0 Å². The molecule has 1 aliphatic rings. The molecule has 9 heteroatoms. The summed E-state index contributed by atoms with van der Waals surface area (Å²) in [5.41, 5.74) is -0.0366. The van der Waals surface area contributed by atoms with Gasteiger partial charge in [-0.2, -0.15) is 4.31 Å². The fourth-order valence-corrected chi connectivity index (χ4v) is 4.52. The number of amides is 1. The standard InChI is InChI=1S/C16H21FN2O5S/c1-11-5-2-3-8-19(11)25(23,24)13-7-4-6-12(9-13)15(20)18-14(10-17)16(21)22/h4,6-7,9,11,14H,2-3,5,8,10H2,1H3,(H,18,20)(H,21,22). The molecular weight excluding hydrogens is 351 g/mol. The zero-order valence-corrected chi connectivity index (χ0v) is 14.6. The number of benzene rings is 1. The lowest BCUT2D eigenvalue weighted by Crippen LogP contribution is -2.43. The summed E-state index contributed by atoms with van der Waals surface area (Å²) in [6.07, 6.45) is 2.52. The smallest absolute Gasteiger partial charge is 0.328 e. The van der Waals surface area contributed by atoms with Crippen LogP contribution in [0.5, 0.6) is 0 Å². The molecular formula is C16H21FN2O5S. The largest absolute Gasteiger partial charge is 0.480 e. The highest BCUT2D eigenvalue weighted by atomic mass is 32.2. The Morgan fingerprint density at radius 1 is 1.40 bits per heavy atom. The van der Waals surface area contributed by atoms with Gasteiger partial charge in [-0.1, -0.05) is 12.5 Å². The van der Waals surface area contributed by atoms with Crippen LogP contribution in [-0.2, 0) is 14.8 Å². The van der Waals surface area contributed by atoms with Crippen LogP contribution in [0.4, 0.5) is 4.39 Å². The van der Waals surface area contributed by atoms with E-state index < -0.39 is 34.6 Å². The first kappa shape index (κ1) is 19.3. The van der Waals surface area contributed by atoms with Gasteiger partial charge in [0.05, 0.1) is 4.90 Å². The Hall–Kier alpha value is -2.00. The van der Waals surface area contributed by atoms with Crippen molar-refractivity contribution in [1.29, 1.82) is 0 Å². The zero-order valence-electron chi connectivity index (χ0n) is 13.8. The predicted molar refractivity (Wildman–Crippen MR) is 88.5 cm³/mol. The maximum Gasteiger partial charge on any atom is 0.328 e. The molecule has 1 aromatic rings. The van der Waals surface area contributed by atoms with E-state index in [1.165, 1.54) is 28.6 Å². The van der Waals surface area contributed by atoms with Crippen LogP contribution in [0.3, 0.4) is 0 Å². The fourth-order valence-electron chi connectivity index (χ4n) is 2.77. The number of alkyl halides is 1. The summed E-state index contributed by atoms with van der Waals surface area (Å²) >= 11 is 0. The lowest BCUT2D eigenvalue weighted by atomic mass is 10.1. The molecule has 1 aliphatic heterocycles. The quantitative estimate of drug-likeness (QED) is 0.786. The molecule has 0 radical (unpaired) electrons. The highest BCUT2D eigenvalue weighted by Gasteiger charge is 2.31. The molecule has 0 saturated carbocycles. The number of aliphatic carboxylic acids is 1. The van der Waals surface area contributed by atoms with Gasteiger partial charge < -0.3 is 10.4 Å². The highest BCUT2D eigenvalue weighted by Crippen LogP contribution is 2.25. The van der Waals surface area contributed by atoms with Gasteiger partial charge in [0.2, 0.25) is 10.0 Å². The molecule has 0 bridgehead atoms. The van der Waals surface area contributed by atoms with E-state index in [0.717, 1.165) is 19.3 Å². The number of carboxylic acid groups (broad SMARTS) is 1. The van der Waals surface area contributed by atoms with Crippen LogP contribution < -0.4 is 5.32 Å². The second kappa shape index (κ2) is 7.92. The number of halogens is 1. The first-order valence-electron chi connectivity index (χ1n) is 7.99. The minimum absolute atomic E-state index is 0.0366. The Morgan fingerprint density at radius 2 is 2.12 bits per heavy atom. The number of hydrogen-bond acceptors (Lipinski definition) is 4. The van der Waals surface area contributed by atoms with Crippen LogP contribution in [0.15, 0.2) is 29.2 Å². The maximum atomic E-state index is 12.8. The number of carboxylic acids is 1. The van der Waals surface area contributed by atoms with Gasteiger partial charge in [0.15, 0.2) is 6.04 Å². The summed E-state index contributed by atoms with van der Waals surface area (Å²) in [6.45, 7) is 0.999. The number of rotatable bonds is 6. The van der Waals surface area contributed by atoms with Crippen molar-refractivity contribution in [1.82, 2.24) is 9.62 Å². The summed E-state index contributed by atoms with van der Waals surface area (Å²) in [6, 6.07) is 3.53. The summed E-state index contributed by atoms with van der Waals surface area (Å²) in [4.78, 5) is 22.9. The third-order valence-corrected chi connectivity index (χ3v) is 6.21. The molecule has 1 heterocycles. The van der Waals surface area contributed by atoms with E-state index in [-0.39, 0.29) is 16.5 Å². The summed E-state index contributed by atoms with van der Waals surface area (Å²) in [7, 11) is -3.75. The van der Waals surface area contributed by atoms with Crippen molar-refractivity contribution in [3.8, 4) is 0 Å². The average molecular weight is 372 g/mol. The van der Waals surface area contributed by atoms with Gasteiger partial charge in [-0.25, -0.2) is 17.6 Å². The van der Waals surface area contributed by atoms with Gasteiger partial charge in [0.25, 0.3) is 5.91 Å². The predicted octanol–water partition coefficient (Wildman–Crippen LogP) is 1.40. The molecule has 1 aromatic carbocycles. The van der Waals surface area contributed by atoms with Gasteiger partial charge in [0, 0.05) is 18.2 Å². The third-order valence-electron chi connectivity index (χ3n) is 4.20. The summed E-state index contributed by atoms with van der Waals surface area (Å²) < 4.78 is 39.7. The normalized spacial score (nSPS) is 20.0. The average Bonchev–Trinajstić information content (AvgIpc) is 2.59. The summed E-state index contributed by atoms with van der Waals surface area (Å²) in [5, 5.41) is 10.8. The Labute approximate surface area is 145 Å². The molecule has 2 unspecified atom stereocenters. The van der Waals surface area contributed by atoms with Crippen molar-refractivity contribution < 1.29 is 27.5 Å². The number of hydrogen-bond donors (Lipinski definition) is 2. The number of sulfonamides is 1. The molecule has 25 heavy (non-hydrogen) atoms. The van der Waals surface area contributed by atoms with Crippen LogP contribution in [0, 0.1) is 0 Å². The minimum atomic E-state index is -3.75. The lowest BCUT2D eigenvalue weighted by Gasteiger charge is -2.32. The molecule has 1 fully saturated rings. The van der Waals surface area contributed by atoms with Crippen LogP contribution in [-0.4, -0.2) is 55.0 Å². The van der Waals surface area contributed by atoms with E-state index in [0.29, 0.717) is 6.54 Å². The molecule has 1 amide bonds. The van der Waals surface area contributed by atoms with E-state index in [2.05, 4.69) is 0 Å². The van der Waals surface area contributed by atoms with Crippen molar-refractivity contribution in [3.63, 3.8) is 0 Å². The molecule has 2 rings (SSSR count). The molecule has 2 atom stereocenters. The topological polar surface area (TPSA) is 104 Å². The van der Waals surface area contributed by atoms with Crippen molar-refractivity contribution in [2.75, 3.05) is 13.2 Å². The van der Waals surface area contributed by atoms with Crippen molar-refractivity contribution >= 4 is 21.9 Å². The second-order valence-corrected chi connectivity index (χ2v) is 7.90. The van der Waals surface area contributed by atoms with E-state index in [1.54, 1.807) is 0 Å². The molecule has 138 valence electrons. The van der Waals surface area contributed by atoms with Gasteiger partial charge in [-0.05, 0) is 38.0 Å². The first-order valence-corrected chi connectivity index (χ1v) is 9.43. The van der Waals surface area contributed by atoms with E-state index in [4.69, 9.17) is 5.11 Å². The van der Waals surface area contributed by atoms with Gasteiger partial charge in [-0.3, -0.25) is 4.79 Å². The van der Waals surface area contributed by atoms with Crippen molar-refractivity contribution in [2.24, 2.45) is 0 Å². The highest BCUT2D eigenvalue weighted by molar-refractivity contribution is 7.89. The summed E-state index contributed by atoms with van der Waals surface area (Å²) in [5.74, 6) is -2.34. The first-order chi connectivity index (χ1) is 11.8. The van der Waals surface area contributed by atoms with E-state index in [1.807, 2.05) is 12.2 Å². The lowest BCUT2D eigenvalue weighted by molar-refractivity contribution is -0.139. The SMILES string of the molecule is CC1CCCCN1S(=O)(=O)c1cccc(C(=O)NC(CF)C(=O)O)c1.